The first-order valence-corrected chi connectivity index (χ1v) is 7.29. The maximum Gasteiger partial charge on any atom is 0.152 e. The lowest BCUT2D eigenvalue weighted by Crippen LogP contribution is -1.97. The maximum absolute atomic E-state index is 14.2. The van der Waals surface area contributed by atoms with Crippen LogP contribution in [-0.2, 0) is 0 Å². The highest BCUT2D eigenvalue weighted by Crippen LogP contribution is 2.40. The lowest BCUT2D eigenvalue weighted by atomic mass is 10.1. The van der Waals surface area contributed by atoms with Crippen molar-refractivity contribution in [2.75, 3.05) is 0 Å². The zero-order valence-corrected chi connectivity index (χ0v) is 12.7. The van der Waals surface area contributed by atoms with Crippen LogP contribution in [0.15, 0.2) is 22.7 Å². The second-order valence-electron chi connectivity index (χ2n) is 4.43. The van der Waals surface area contributed by atoms with Gasteiger partial charge in [0.2, 0.25) is 0 Å². The summed E-state index contributed by atoms with van der Waals surface area (Å²) < 4.78 is 14.7. The van der Waals surface area contributed by atoms with Crippen LogP contribution < -0.4 is 0 Å². The minimum atomic E-state index is -0.507. The topological polar surface area (TPSA) is 25.8 Å². The zero-order chi connectivity index (χ0) is 13.6. The van der Waals surface area contributed by atoms with Crippen molar-refractivity contribution in [2.24, 2.45) is 0 Å². The maximum atomic E-state index is 14.2. The lowest BCUT2D eigenvalue weighted by Gasteiger charge is -2.07. The largest absolute Gasteiger partial charge is 0.232 e. The Hall–Kier alpha value is -0.710. The van der Waals surface area contributed by atoms with E-state index >= 15 is 0 Å². The van der Waals surface area contributed by atoms with Gasteiger partial charge in [-0.15, -0.1) is 0 Å². The first-order chi connectivity index (χ1) is 9.06. The van der Waals surface area contributed by atoms with Crippen molar-refractivity contribution in [1.82, 2.24) is 9.97 Å². The van der Waals surface area contributed by atoms with Gasteiger partial charge in [-0.05, 0) is 40.9 Å². The molecular formula is C13H8BrCl2FN2. The summed E-state index contributed by atoms with van der Waals surface area (Å²) in [5.74, 6) is 0.528. The molecule has 1 saturated carbocycles. The van der Waals surface area contributed by atoms with E-state index in [1.54, 1.807) is 18.2 Å². The van der Waals surface area contributed by atoms with E-state index < -0.39 is 5.82 Å². The van der Waals surface area contributed by atoms with Crippen LogP contribution in [0, 0.1) is 5.82 Å². The molecule has 0 bridgehead atoms. The van der Waals surface area contributed by atoms with Gasteiger partial charge in [0.1, 0.15) is 11.0 Å². The summed E-state index contributed by atoms with van der Waals surface area (Å²) in [7, 11) is 0. The molecule has 0 spiro atoms. The third-order valence-corrected chi connectivity index (χ3v) is 4.42. The van der Waals surface area contributed by atoms with Crippen LogP contribution in [0.3, 0.4) is 0 Å². The van der Waals surface area contributed by atoms with Crippen molar-refractivity contribution >= 4 is 39.1 Å². The third-order valence-electron chi connectivity index (χ3n) is 2.97. The molecule has 0 atom stereocenters. The molecule has 1 aromatic carbocycles. The molecular weight excluding hydrogens is 354 g/mol. The zero-order valence-electron chi connectivity index (χ0n) is 9.63. The van der Waals surface area contributed by atoms with E-state index in [9.17, 15) is 4.39 Å². The molecule has 19 heavy (non-hydrogen) atoms. The van der Waals surface area contributed by atoms with E-state index in [0.717, 1.165) is 12.8 Å². The van der Waals surface area contributed by atoms with Gasteiger partial charge in [-0.2, -0.15) is 0 Å². The third kappa shape index (κ3) is 2.62. The molecule has 0 radical (unpaired) electrons. The molecule has 1 aliphatic carbocycles. The monoisotopic (exact) mass is 360 g/mol. The highest BCUT2D eigenvalue weighted by atomic mass is 79.9. The van der Waals surface area contributed by atoms with Crippen LogP contribution in [-0.4, -0.2) is 9.97 Å². The molecule has 0 unspecified atom stereocenters. The van der Waals surface area contributed by atoms with Crippen molar-refractivity contribution in [1.29, 1.82) is 0 Å². The van der Waals surface area contributed by atoms with Gasteiger partial charge >= 0.3 is 0 Å². The molecule has 98 valence electrons. The SMILES string of the molecule is Fc1c(-c2cc(Cl)nc(C3CC3)n2)ccc(Br)c1Cl. The summed E-state index contributed by atoms with van der Waals surface area (Å²) in [4.78, 5) is 8.57. The number of benzene rings is 1. The number of nitrogens with zero attached hydrogens (tertiary/aromatic N) is 2. The molecule has 0 N–H and O–H groups in total. The molecule has 1 aliphatic rings. The number of hydrogen-bond acceptors (Lipinski definition) is 2. The van der Waals surface area contributed by atoms with Gasteiger partial charge in [0.05, 0.1) is 10.7 Å². The first kappa shape index (κ1) is 13.3. The molecule has 1 heterocycles. The van der Waals surface area contributed by atoms with E-state index in [4.69, 9.17) is 23.2 Å². The van der Waals surface area contributed by atoms with Crippen molar-refractivity contribution in [3.8, 4) is 11.3 Å². The second kappa shape index (κ2) is 5.00. The highest BCUT2D eigenvalue weighted by molar-refractivity contribution is 9.10. The lowest BCUT2D eigenvalue weighted by molar-refractivity contribution is 0.630. The van der Waals surface area contributed by atoms with Crippen LogP contribution in [0.2, 0.25) is 10.2 Å². The van der Waals surface area contributed by atoms with E-state index in [1.807, 2.05) is 0 Å². The Morgan fingerprint density at radius 3 is 2.63 bits per heavy atom. The summed E-state index contributed by atoms with van der Waals surface area (Å²) in [6, 6.07) is 4.87. The molecule has 0 aliphatic heterocycles. The predicted molar refractivity (Wildman–Crippen MR) is 77.1 cm³/mol. The smallest absolute Gasteiger partial charge is 0.152 e. The number of rotatable bonds is 2. The first-order valence-electron chi connectivity index (χ1n) is 5.74. The Morgan fingerprint density at radius 2 is 1.95 bits per heavy atom. The Kier molecular flexibility index (Phi) is 3.50. The fourth-order valence-corrected chi connectivity index (χ4v) is 2.48. The molecule has 3 rings (SSSR count). The molecule has 2 nitrogen and oxygen atoms in total. The van der Waals surface area contributed by atoms with Gasteiger partial charge in [0.25, 0.3) is 0 Å². The van der Waals surface area contributed by atoms with Crippen molar-refractivity contribution < 1.29 is 4.39 Å². The summed E-state index contributed by atoms with van der Waals surface area (Å²) in [5.41, 5.74) is 0.799. The van der Waals surface area contributed by atoms with Crippen molar-refractivity contribution in [3.63, 3.8) is 0 Å². The Bertz CT molecular complexity index is 659. The van der Waals surface area contributed by atoms with E-state index in [-0.39, 0.29) is 5.02 Å². The second-order valence-corrected chi connectivity index (χ2v) is 6.05. The van der Waals surface area contributed by atoms with Gasteiger partial charge in [-0.1, -0.05) is 23.2 Å². The fourth-order valence-electron chi connectivity index (χ4n) is 1.82. The van der Waals surface area contributed by atoms with Crippen LogP contribution in [0.1, 0.15) is 24.6 Å². The van der Waals surface area contributed by atoms with Gasteiger partial charge in [-0.25, -0.2) is 14.4 Å². The average Bonchev–Trinajstić information content (AvgIpc) is 3.19. The van der Waals surface area contributed by atoms with Gasteiger partial charge in [0.15, 0.2) is 5.82 Å². The van der Waals surface area contributed by atoms with Crippen LogP contribution in [0.4, 0.5) is 4.39 Å². The van der Waals surface area contributed by atoms with Crippen LogP contribution in [0.25, 0.3) is 11.3 Å². The Morgan fingerprint density at radius 1 is 1.21 bits per heavy atom. The number of aromatic nitrogens is 2. The normalized spacial score (nSPS) is 14.7. The Balaban J connectivity index is 2.13. The number of halogens is 4. The van der Waals surface area contributed by atoms with Gasteiger partial charge in [0, 0.05) is 22.0 Å². The fraction of sp³-hybridized carbons (Fsp3) is 0.231. The summed E-state index contributed by atoms with van der Waals surface area (Å²) in [5, 5.41) is 0.366. The van der Waals surface area contributed by atoms with Crippen molar-refractivity contribution in [2.45, 2.75) is 18.8 Å². The molecule has 0 amide bonds. The van der Waals surface area contributed by atoms with E-state index in [2.05, 4.69) is 25.9 Å². The minimum Gasteiger partial charge on any atom is -0.232 e. The number of hydrogen-bond donors (Lipinski definition) is 0. The molecule has 2 aromatic rings. The van der Waals surface area contributed by atoms with Crippen LogP contribution in [0.5, 0.6) is 0 Å². The molecule has 6 heteroatoms. The van der Waals surface area contributed by atoms with Crippen molar-refractivity contribution in [3.05, 3.63) is 44.5 Å². The molecule has 1 fully saturated rings. The summed E-state index contributed by atoms with van der Waals surface area (Å²) in [6.45, 7) is 0. The summed E-state index contributed by atoms with van der Waals surface area (Å²) in [6.07, 6.45) is 2.12. The highest BCUT2D eigenvalue weighted by Gasteiger charge is 2.27. The van der Waals surface area contributed by atoms with E-state index in [1.165, 1.54) is 0 Å². The average molecular weight is 362 g/mol. The molecule has 1 aromatic heterocycles. The summed E-state index contributed by atoms with van der Waals surface area (Å²) >= 11 is 15.1. The Labute approximate surface area is 128 Å². The van der Waals surface area contributed by atoms with Gasteiger partial charge in [-0.3, -0.25) is 0 Å². The van der Waals surface area contributed by atoms with E-state index in [0.29, 0.717) is 32.6 Å². The van der Waals surface area contributed by atoms with Gasteiger partial charge < -0.3 is 0 Å². The van der Waals surface area contributed by atoms with Crippen LogP contribution >= 0.6 is 39.1 Å². The minimum absolute atomic E-state index is 0.0419. The molecule has 0 saturated heterocycles. The quantitative estimate of drug-likeness (QED) is 0.540. The predicted octanol–water partition coefficient (Wildman–Crippen LogP) is 5.23. The standard InChI is InChI=1S/C13H8BrCl2FN2/c14-8-4-3-7(12(17)11(8)16)9-5-10(15)19-13(18-9)6-1-2-6/h3-6H,1-2H2.